The van der Waals surface area contributed by atoms with Crippen LogP contribution in [0.25, 0.3) is 0 Å². The number of hydrogen-bond acceptors (Lipinski definition) is 8. The van der Waals surface area contributed by atoms with Crippen LogP contribution < -0.4 is 19.6 Å². The van der Waals surface area contributed by atoms with Crippen LogP contribution in [0.1, 0.15) is 0 Å². The van der Waals surface area contributed by atoms with Gasteiger partial charge in [0.25, 0.3) is 0 Å². The standard InChI is InChI=1S/4C13H11NS2.Mo/c4*15-13(16)14(11-7-3-1-4-8-11)12-9-5-2-6-10-12;/h4*1-10H,(H,15,16);/q;;;;+4/p-4. The Morgan fingerprint density at radius 2 is 0.308 bits per heavy atom. The molecular formula is C52H40MoN4S8. The van der Waals surface area contributed by atoms with Gasteiger partial charge < -0.3 is 119 Å². The van der Waals surface area contributed by atoms with Crippen molar-refractivity contribution in [1.29, 1.82) is 0 Å². The van der Waals surface area contributed by atoms with Gasteiger partial charge in [-0.15, -0.1) is 0 Å². The van der Waals surface area contributed by atoms with Gasteiger partial charge in [0.05, 0.1) is 0 Å². The Bertz CT molecular complexity index is 2090. The summed E-state index contributed by atoms with van der Waals surface area (Å²) in [6.45, 7) is 0. The fraction of sp³-hybridized carbons (Fsp3) is 0. The molecule has 0 N–H and O–H groups in total. The Morgan fingerprint density at radius 3 is 0.385 bits per heavy atom. The summed E-state index contributed by atoms with van der Waals surface area (Å²) >= 11 is 41.0. The molecule has 0 unspecified atom stereocenters. The smallest absolute Gasteiger partial charge is 0.411 e. The molecule has 0 bridgehead atoms. The zero-order valence-electron chi connectivity index (χ0n) is 34.6. The van der Waals surface area contributed by atoms with Gasteiger partial charge in [-0.05, 0) is 97.1 Å². The van der Waals surface area contributed by atoms with E-state index in [1.165, 1.54) is 0 Å². The molecule has 13 heteroatoms. The maximum absolute atomic E-state index is 5.12. The molecule has 4 nitrogen and oxygen atoms in total. The minimum absolute atomic E-state index is 0. The van der Waals surface area contributed by atoms with Crippen LogP contribution in [0.4, 0.5) is 45.5 Å². The van der Waals surface area contributed by atoms with Crippen molar-refractivity contribution in [2.75, 3.05) is 19.6 Å². The molecular weight excluding hydrogens is 1030 g/mol. The molecule has 0 saturated carbocycles. The average molecular weight is 1070 g/mol. The summed E-state index contributed by atoms with van der Waals surface area (Å²) < 4.78 is 1.71. The number of nitrogens with zero attached hydrogens (tertiary/aromatic N) is 4. The first-order chi connectivity index (χ1) is 31.2. The number of anilines is 8. The Kier molecular flexibility index (Phi) is 23.2. The molecule has 8 aromatic carbocycles. The van der Waals surface area contributed by atoms with E-state index in [4.69, 9.17) is 99.4 Å². The third-order valence-electron chi connectivity index (χ3n) is 8.85. The number of thiocarbonyl (C=S) groups is 4. The number of para-hydroxylation sites is 8. The van der Waals surface area contributed by atoms with Gasteiger partial charge in [-0.3, -0.25) is 0 Å². The van der Waals surface area contributed by atoms with Gasteiger partial charge in [0.2, 0.25) is 0 Å². The molecule has 0 aliphatic carbocycles. The summed E-state index contributed by atoms with van der Waals surface area (Å²) in [6, 6.07) is 79.2. The molecule has 0 atom stereocenters. The molecule has 8 rings (SSSR count). The van der Waals surface area contributed by atoms with E-state index in [-0.39, 0.29) is 21.1 Å². The molecule has 0 amide bonds. The van der Waals surface area contributed by atoms with Gasteiger partial charge in [0.15, 0.2) is 0 Å². The summed E-state index contributed by atoms with van der Waals surface area (Å²) in [7, 11) is 0. The van der Waals surface area contributed by atoms with Gasteiger partial charge in [-0.25, -0.2) is 0 Å². The first kappa shape index (κ1) is 52.5. The van der Waals surface area contributed by atoms with Crippen LogP contribution in [0, 0.1) is 0 Å². The number of benzene rings is 8. The van der Waals surface area contributed by atoms with Crippen molar-refractivity contribution >= 4 is 162 Å². The van der Waals surface area contributed by atoms with Crippen molar-refractivity contribution in [3.8, 4) is 0 Å². The summed E-state index contributed by atoms with van der Waals surface area (Å²) in [6.07, 6.45) is 0. The normalized spacial score (nSPS) is 9.60. The number of rotatable bonds is 8. The minimum atomic E-state index is 0. The fourth-order valence-corrected chi connectivity index (χ4v) is 7.74. The van der Waals surface area contributed by atoms with E-state index in [9.17, 15) is 0 Å². The third-order valence-corrected chi connectivity index (χ3v) is 10.3. The second kappa shape index (κ2) is 28.7. The van der Waals surface area contributed by atoms with Crippen LogP contribution in [-0.2, 0) is 71.6 Å². The Labute approximate surface area is 441 Å². The zero-order valence-corrected chi connectivity index (χ0v) is 43.1. The zero-order chi connectivity index (χ0) is 45.5. The average Bonchev–Trinajstić information content (AvgIpc) is 3.32. The second-order valence-corrected chi connectivity index (χ2v) is 17.2. The maximum atomic E-state index is 5.12. The van der Waals surface area contributed by atoms with E-state index in [2.05, 4.69) is 0 Å². The van der Waals surface area contributed by atoms with Gasteiger partial charge in [-0.2, -0.15) is 0 Å². The van der Waals surface area contributed by atoms with Crippen LogP contribution in [0.3, 0.4) is 0 Å². The molecule has 0 aliphatic heterocycles. The first-order valence-corrected chi connectivity index (χ1v) is 22.9. The molecule has 0 saturated heterocycles. The van der Waals surface area contributed by atoms with Crippen LogP contribution in [-0.4, -0.2) is 17.3 Å². The Hall–Kier alpha value is -5.11. The van der Waals surface area contributed by atoms with Crippen LogP contribution >= 0.6 is 48.9 Å². The van der Waals surface area contributed by atoms with E-state index < -0.39 is 0 Å². The van der Waals surface area contributed by atoms with Crippen LogP contribution in [0.15, 0.2) is 243 Å². The molecule has 0 spiro atoms. The van der Waals surface area contributed by atoms with Crippen molar-refractivity contribution in [2.24, 2.45) is 0 Å². The van der Waals surface area contributed by atoms with Gasteiger partial charge in [0.1, 0.15) is 0 Å². The van der Waals surface area contributed by atoms with E-state index in [1.807, 2.05) is 262 Å². The maximum Gasteiger partial charge on any atom is 4.00 e. The van der Waals surface area contributed by atoms with Gasteiger partial charge in [-0.1, -0.05) is 163 Å². The largest absolute Gasteiger partial charge is 4.00 e. The molecule has 8 aromatic rings. The fourth-order valence-electron chi connectivity index (χ4n) is 6.06. The molecule has 0 aromatic heterocycles. The molecule has 65 heavy (non-hydrogen) atoms. The minimum Gasteiger partial charge on any atom is -0.411 e. The Morgan fingerprint density at radius 1 is 0.215 bits per heavy atom. The van der Waals surface area contributed by atoms with Crippen molar-refractivity contribution in [3.63, 3.8) is 0 Å². The molecule has 0 radical (unpaired) electrons. The van der Waals surface area contributed by atoms with E-state index in [0.29, 0.717) is 17.3 Å². The summed E-state index contributed by atoms with van der Waals surface area (Å²) in [4.78, 5) is 7.52. The van der Waals surface area contributed by atoms with Crippen molar-refractivity contribution in [3.05, 3.63) is 243 Å². The summed E-state index contributed by atoms with van der Waals surface area (Å²) in [5.41, 5.74) is 7.95. The van der Waals surface area contributed by atoms with E-state index in [1.54, 1.807) is 0 Å². The van der Waals surface area contributed by atoms with Crippen molar-refractivity contribution < 1.29 is 21.1 Å². The molecule has 0 heterocycles. The van der Waals surface area contributed by atoms with Gasteiger partial charge in [0, 0.05) is 45.5 Å². The van der Waals surface area contributed by atoms with Crippen LogP contribution in [0.5, 0.6) is 0 Å². The molecule has 0 fully saturated rings. The monoisotopic (exact) mass is 1070 g/mol. The van der Waals surface area contributed by atoms with Crippen molar-refractivity contribution in [2.45, 2.75) is 0 Å². The molecule has 322 valence electrons. The second-order valence-electron chi connectivity index (χ2n) is 13.1. The van der Waals surface area contributed by atoms with E-state index in [0.717, 1.165) is 45.5 Å². The van der Waals surface area contributed by atoms with E-state index >= 15 is 0 Å². The predicted octanol–water partition coefficient (Wildman–Crippen LogP) is 14.6. The first-order valence-electron chi connectivity index (χ1n) is 19.6. The van der Waals surface area contributed by atoms with Crippen molar-refractivity contribution in [1.82, 2.24) is 0 Å². The number of hydrogen-bond donors (Lipinski definition) is 0. The quantitative estimate of drug-likeness (QED) is 0.0818. The SMILES string of the molecule is S=C([S-])N(c1ccccc1)c1ccccc1.S=C([S-])N(c1ccccc1)c1ccccc1.S=C([S-])N(c1ccccc1)c1ccccc1.S=C([S-])N(c1ccccc1)c1ccccc1.[Mo+4]. The third kappa shape index (κ3) is 16.7. The van der Waals surface area contributed by atoms with Gasteiger partial charge >= 0.3 is 21.1 Å². The molecule has 0 aliphatic rings. The predicted molar refractivity (Wildman–Crippen MR) is 300 cm³/mol. The Balaban J connectivity index is 0.000000189. The van der Waals surface area contributed by atoms with Crippen LogP contribution in [0.2, 0.25) is 0 Å². The summed E-state index contributed by atoms with van der Waals surface area (Å²) in [5.74, 6) is 0. The summed E-state index contributed by atoms with van der Waals surface area (Å²) in [5, 5.41) is 0. The topological polar surface area (TPSA) is 13.0 Å².